The molecule has 0 aliphatic rings. The van der Waals surface area contributed by atoms with Crippen LogP contribution in [-0.4, -0.2) is 11.9 Å². The molecular weight excluding hydrogens is 170 g/mol. The van der Waals surface area contributed by atoms with E-state index >= 15 is 0 Å². The van der Waals surface area contributed by atoms with Crippen LogP contribution in [-0.2, 0) is 9.63 Å². The molecule has 13 heavy (non-hydrogen) atoms. The van der Waals surface area contributed by atoms with Crippen molar-refractivity contribution in [1.82, 2.24) is 5.48 Å². The third-order valence-electron chi connectivity index (χ3n) is 1.32. The standard InChI is InChI=1S/C9H9NO3/c1-7(11)13-10-9(12)8-5-3-2-4-6-8/h2-6H,1H3,(H,10,12). The second-order valence-electron chi connectivity index (χ2n) is 2.39. The van der Waals surface area contributed by atoms with Gasteiger partial charge < -0.3 is 4.84 Å². The number of hydrogen-bond donors (Lipinski definition) is 1. The van der Waals surface area contributed by atoms with Crippen molar-refractivity contribution in [3.05, 3.63) is 35.9 Å². The minimum Gasteiger partial charge on any atom is -0.341 e. The fourth-order valence-electron chi connectivity index (χ4n) is 0.767. The van der Waals surface area contributed by atoms with E-state index in [4.69, 9.17) is 0 Å². The van der Waals surface area contributed by atoms with Crippen LogP contribution in [0.2, 0.25) is 0 Å². The summed E-state index contributed by atoms with van der Waals surface area (Å²) in [6.45, 7) is 1.21. The average molecular weight is 179 g/mol. The highest BCUT2D eigenvalue weighted by atomic mass is 16.7. The van der Waals surface area contributed by atoms with Gasteiger partial charge in [-0.1, -0.05) is 18.2 Å². The Morgan fingerprint density at radius 2 is 1.85 bits per heavy atom. The van der Waals surface area contributed by atoms with E-state index in [2.05, 4.69) is 4.84 Å². The molecule has 0 aliphatic carbocycles. The Kier molecular flexibility index (Phi) is 3.03. The first-order chi connectivity index (χ1) is 6.20. The molecule has 1 rings (SSSR count). The van der Waals surface area contributed by atoms with Gasteiger partial charge in [-0.2, -0.15) is 5.48 Å². The molecule has 0 aliphatic heterocycles. The summed E-state index contributed by atoms with van der Waals surface area (Å²) in [4.78, 5) is 25.8. The van der Waals surface area contributed by atoms with Gasteiger partial charge >= 0.3 is 5.97 Å². The minimum atomic E-state index is -0.552. The Balaban J connectivity index is 2.54. The van der Waals surface area contributed by atoms with Gasteiger partial charge in [-0.25, -0.2) is 0 Å². The molecule has 1 amide bonds. The largest absolute Gasteiger partial charge is 0.341 e. The number of nitrogens with one attached hydrogen (secondary N) is 1. The van der Waals surface area contributed by atoms with Gasteiger partial charge in [0.15, 0.2) is 0 Å². The van der Waals surface area contributed by atoms with Gasteiger partial charge in [0.25, 0.3) is 5.91 Å². The van der Waals surface area contributed by atoms with Crippen LogP contribution in [0, 0.1) is 0 Å². The second-order valence-corrected chi connectivity index (χ2v) is 2.39. The molecule has 4 nitrogen and oxygen atoms in total. The molecule has 0 fully saturated rings. The molecule has 0 unspecified atom stereocenters. The van der Waals surface area contributed by atoms with E-state index in [0.717, 1.165) is 0 Å². The smallest absolute Gasteiger partial charge is 0.329 e. The zero-order valence-electron chi connectivity index (χ0n) is 7.11. The van der Waals surface area contributed by atoms with Crippen LogP contribution in [0.1, 0.15) is 17.3 Å². The number of carbonyl (C=O) groups is 2. The lowest BCUT2D eigenvalue weighted by atomic mass is 10.2. The first-order valence-electron chi connectivity index (χ1n) is 3.73. The van der Waals surface area contributed by atoms with Crippen LogP contribution in [0.25, 0.3) is 0 Å². The molecule has 0 radical (unpaired) electrons. The maximum Gasteiger partial charge on any atom is 0.329 e. The Bertz CT molecular complexity index is 308. The summed E-state index contributed by atoms with van der Waals surface area (Å²) in [5, 5.41) is 0. The van der Waals surface area contributed by atoms with Gasteiger partial charge in [-0.3, -0.25) is 9.59 Å². The van der Waals surface area contributed by atoms with Gasteiger partial charge in [0.2, 0.25) is 0 Å². The highest BCUT2D eigenvalue weighted by Gasteiger charge is 2.04. The Labute approximate surface area is 75.5 Å². The molecule has 1 aromatic rings. The van der Waals surface area contributed by atoms with Crippen molar-refractivity contribution >= 4 is 11.9 Å². The molecule has 4 heteroatoms. The fraction of sp³-hybridized carbons (Fsp3) is 0.111. The van der Waals surface area contributed by atoms with Crippen molar-refractivity contribution < 1.29 is 14.4 Å². The SMILES string of the molecule is CC(=O)ONC(=O)c1ccccc1. The third-order valence-corrected chi connectivity index (χ3v) is 1.32. The van der Waals surface area contributed by atoms with E-state index in [1.165, 1.54) is 6.92 Å². The minimum absolute atomic E-state index is 0.434. The molecule has 0 saturated heterocycles. The highest BCUT2D eigenvalue weighted by Crippen LogP contribution is 1.97. The number of benzene rings is 1. The van der Waals surface area contributed by atoms with Gasteiger partial charge in [0.05, 0.1) is 0 Å². The van der Waals surface area contributed by atoms with Crippen molar-refractivity contribution in [1.29, 1.82) is 0 Å². The van der Waals surface area contributed by atoms with Crippen molar-refractivity contribution in [2.24, 2.45) is 0 Å². The quantitative estimate of drug-likeness (QED) is 0.651. The Morgan fingerprint density at radius 3 is 2.38 bits per heavy atom. The van der Waals surface area contributed by atoms with E-state index in [9.17, 15) is 9.59 Å². The van der Waals surface area contributed by atoms with Gasteiger partial charge in [-0.05, 0) is 12.1 Å². The zero-order chi connectivity index (χ0) is 9.68. The Morgan fingerprint density at radius 1 is 1.23 bits per heavy atom. The van der Waals surface area contributed by atoms with Crippen molar-refractivity contribution in [2.75, 3.05) is 0 Å². The van der Waals surface area contributed by atoms with Gasteiger partial charge in [0.1, 0.15) is 0 Å². The van der Waals surface area contributed by atoms with Crippen LogP contribution in [0.4, 0.5) is 0 Å². The number of hydrogen-bond acceptors (Lipinski definition) is 3. The molecular formula is C9H9NO3. The summed E-state index contributed by atoms with van der Waals surface area (Å²) < 4.78 is 0. The summed E-state index contributed by atoms with van der Waals surface area (Å²) in [6, 6.07) is 8.49. The molecule has 0 spiro atoms. The Hall–Kier alpha value is -1.84. The predicted octanol–water partition coefficient (Wildman–Crippen LogP) is 0.895. The van der Waals surface area contributed by atoms with Crippen molar-refractivity contribution in [3.63, 3.8) is 0 Å². The number of rotatable bonds is 1. The second kappa shape index (κ2) is 4.25. The van der Waals surface area contributed by atoms with Crippen molar-refractivity contribution in [2.45, 2.75) is 6.92 Å². The number of amides is 1. The summed E-state index contributed by atoms with van der Waals surface area (Å²) in [6.07, 6.45) is 0. The summed E-state index contributed by atoms with van der Waals surface area (Å²) >= 11 is 0. The number of hydroxylamine groups is 1. The molecule has 0 atom stereocenters. The van der Waals surface area contributed by atoms with Gasteiger partial charge in [-0.15, -0.1) is 0 Å². The van der Waals surface area contributed by atoms with Crippen LogP contribution < -0.4 is 5.48 Å². The van der Waals surface area contributed by atoms with E-state index in [1.54, 1.807) is 30.3 Å². The van der Waals surface area contributed by atoms with E-state index in [-0.39, 0.29) is 0 Å². The zero-order valence-corrected chi connectivity index (χ0v) is 7.11. The van der Waals surface area contributed by atoms with Crippen LogP contribution >= 0.6 is 0 Å². The lowest BCUT2D eigenvalue weighted by Crippen LogP contribution is -2.25. The van der Waals surface area contributed by atoms with Crippen LogP contribution in [0.3, 0.4) is 0 Å². The van der Waals surface area contributed by atoms with E-state index in [0.29, 0.717) is 5.56 Å². The van der Waals surface area contributed by atoms with E-state index < -0.39 is 11.9 Å². The third kappa shape index (κ3) is 2.94. The van der Waals surface area contributed by atoms with E-state index in [1.807, 2.05) is 5.48 Å². The van der Waals surface area contributed by atoms with Crippen LogP contribution in [0.15, 0.2) is 30.3 Å². The summed E-state index contributed by atoms with van der Waals surface area (Å²) in [5.74, 6) is -0.986. The summed E-state index contributed by atoms with van der Waals surface area (Å²) in [5.41, 5.74) is 2.46. The molecule has 0 saturated carbocycles. The number of carbonyl (C=O) groups excluding carboxylic acids is 2. The highest BCUT2D eigenvalue weighted by molar-refractivity contribution is 5.93. The van der Waals surface area contributed by atoms with Crippen LogP contribution in [0.5, 0.6) is 0 Å². The maximum absolute atomic E-state index is 11.2. The lowest BCUT2D eigenvalue weighted by Gasteiger charge is -2.02. The maximum atomic E-state index is 11.2. The van der Waals surface area contributed by atoms with Crippen molar-refractivity contribution in [3.8, 4) is 0 Å². The topological polar surface area (TPSA) is 55.4 Å². The molecule has 68 valence electrons. The molecule has 0 heterocycles. The van der Waals surface area contributed by atoms with Gasteiger partial charge in [0, 0.05) is 12.5 Å². The molecule has 1 N–H and O–H groups in total. The monoisotopic (exact) mass is 179 g/mol. The molecule has 1 aromatic carbocycles. The first kappa shape index (κ1) is 9.25. The lowest BCUT2D eigenvalue weighted by molar-refractivity contribution is -0.146. The average Bonchev–Trinajstić information content (AvgIpc) is 2.15. The fourth-order valence-corrected chi connectivity index (χ4v) is 0.767. The molecule has 0 bridgehead atoms. The first-order valence-corrected chi connectivity index (χ1v) is 3.73. The summed E-state index contributed by atoms with van der Waals surface area (Å²) in [7, 11) is 0. The predicted molar refractivity (Wildman–Crippen MR) is 45.7 cm³/mol. The molecule has 0 aromatic heterocycles. The normalized spacial score (nSPS) is 9.00.